The monoisotopic (exact) mass is 256 g/mol. The molecule has 1 aromatic carbocycles. The molecule has 2 nitrogen and oxygen atoms in total. The van der Waals surface area contributed by atoms with E-state index in [9.17, 15) is 0 Å². The minimum Gasteiger partial charge on any atom is -0.489 e. The average molecular weight is 256 g/mol. The quantitative estimate of drug-likeness (QED) is 0.715. The molecule has 1 atom stereocenters. The molecule has 0 spiro atoms. The van der Waals surface area contributed by atoms with E-state index in [0.717, 1.165) is 29.9 Å². The van der Waals surface area contributed by atoms with Gasteiger partial charge in [0.25, 0.3) is 0 Å². The highest BCUT2D eigenvalue weighted by Gasteiger charge is 2.25. The number of furan rings is 1. The van der Waals surface area contributed by atoms with Crippen molar-refractivity contribution in [1.82, 2.24) is 0 Å². The van der Waals surface area contributed by atoms with Crippen LogP contribution >= 0.6 is 0 Å². The molecule has 0 N–H and O–H groups in total. The molecular weight excluding hydrogens is 236 g/mol. The average Bonchev–Trinajstić information content (AvgIpc) is 3.07. The van der Waals surface area contributed by atoms with Gasteiger partial charge in [-0.2, -0.15) is 0 Å². The molecule has 2 heteroatoms. The zero-order chi connectivity index (χ0) is 13.1. The summed E-state index contributed by atoms with van der Waals surface area (Å²) in [5.41, 5.74) is 2.40. The van der Waals surface area contributed by atoms with Gasteiger partial charge in [0.1, 0.15) is 17.6 Å². The van der Waals surface area contributed by atoms with E-state index >= 15 is 0 Å². The molecule has 2 heterocycles. The third-order valence-corrected chi connectivity index (χ3v) is 3.74. The molecule has 1 unspecified atom stereocenters. The number of hydrogen-bond donors (Lipinski definition) is 0. The maximum Gasteiger partial charge on any atom is 0.137 e. The first kappa shape index (κ1) is 12.3. The maximum absolute atomic E-state index is 6.15. The van der Waals surface area contributed by atoms with Gasteiger partial charge in [0.05, 0.1) is 11.8 Å². The Labute approximate surface area is 114 Å². The van der Waals surface area contributed by atoms with Crippen LogP contribution in [0.3, 0.4) is 0 Å². The zero-order valence-electron chi connectivity index (χ0n) is 11.4. The molecule has 100 valence electrons. The minimum atomic E-state index is 0.345. The molecular formula is C17H20O2. The van der Waals surface area contributed by atoms with Crippen molar-refractivity contribution < 1.29 is 9.15 Å². The lowest BCUT2D eigenvalue weighted by molar-refractivity contribution is 0.217. The third kappa shape index (κ3) is 2.53. The fraction of sp³-hybridized carbons (Fsp3) is 0.412. The predicted molar refractivity (Wildman–Crippen MR) is 76.4 cm³/mol. The van der Waals surface area contributed by atoms with Crippen molar-refractivity contribution in [3.05, 3.63) is 42.2 Å². The van der Waals surface area contributed by atoms with Gasteiger partial charge in [-0.15, -0.1) is 0 Å². The van der Waals surface area contributed by atoms with Crippen LogP contribution in [-0.4, -0.2) is 6.10 Å². The van der Waals surface area contributed by atoms with E-state index in [1.54, 1.807) is 6.26 Å². The SMILES string of the molecule is CCCCCC1Cc2cccc(-c3ccco3)c2O1. The topological polar surface area (TPSA) is 22.4 Å². The first-order valence-corrected chi connectivity index (χ1v) is 7.21. The molecule has 3 rings (SSSR count). The summed E-state index contributed by atoms with van der Waals surface area (Å²) < 4.78 is 11.6. The van der Waals surface area contributed by atoms with Crippen LogP contribution in [-0.2, 0) is 6.42 Å². The molecule has 2 aromatic rings. The summed E-state index contributed by atoms with van der Waals surface area (Å²) in [6.07, 6.45) is 8.05. The largest absolute Gasteiger partial charge is 0.489 e. The summed E-state index contributed by atoms with van der Waals surface area (Å²) in [7, 11) is 0. The molecule has 0 saturated carbocycles. The van der Waals surface area contributed by atoms with Crippen LogP contribution < -0.4 is 4.74 Å². The summed E-state index contributed by atoms with van der Waals surface area (Å²) in [6, 6.07) is 10.2. The number of para-hydroxylation sites is 1. The van der Waals surface area contributed by atoms with Gasteiger partial charge in [0.2, 0.25) is 0 Å². The first-order chi connectivity index (χ1) is 9.38. The van der Waals surface area contributed by atoms with Crippen molar-refractivity contribution >= 4 is 0 Å². The number of benzene rings is 1. The predicted octanol–water partition coefficient (Wildman–Crippen LogP) is 4.83. The van der Waals surface area contributed by atoms with Gasteiger partial charge >= 0.3 is 0 Å². The van der Waals surface area contributed by atoms with Crippen LogP contribution in [0.25, 0.3) is 11.3 Å². The normalized spacial score (nSPS) is 17.2. The van der Waals surface area contributed by atoms with Gasteiger partial charge in [0.15, 0.2) is 0 Å². The van der Waals surface area contributed by atoms with Crippen molar-refractivity contribution in [2.75, 3.05) is 0 Å². The van der Waals surface area contributed by atoms with Crippen LogP contribution in [0, 0.1) is 0 Å². The van der Waals surface area contributed by atoms with Crippen LogP contribution in [0.2, 0.25) is 0 Å². The second-order valence-corrected chi connectivity index (χ2v) is 5.21. The van der Waals surface area contributed by atoms with Gasteiger partial charge in [0, 0.05) is 6.42 Å². The number of fused-ring (bicyclic) bond motifs is 1. The summed E-state index contributed by atoms with van der Waals surface area (Å²) in [5.74, 6) is 1.92. The Morgan fingerprint density at radius 1 is 1.16 bits per heavy atom. The van der Waals surface area contributed by atoms with E-state index < -0.39 is 0 Å². The molecule has 0 saturated heterocycles. The van der Waals surface area contributed by atoms with Crippen LogP contribution in [0.15, 0.2) is 41.0 Å². The van der Waals surface area contributed by atoms with E-state index in [1.165, 1.54) is 24.8 Å². The molecule has 0 aliphatic carbocycles. The summed E-state index contributed by atoms with van der Waals surface area (Å²) in [5, 5.41) is 0. The lowest BCUT2D eigenvalue weighted by atomic mass is 10.0. The Bertz CT molecular complexity index is 528. The van der Waals surface area contributed by atoms with Crippen LogP contribution in [0.5, 0.6) is 5.75 Å². The van der Waals surface area contributed by atoms with Gasteiger partial charge in [-0.1, -0.05) is 31.9 Å². The highest BCUT2D eigenvalue weighted by Crippen LogP contribution is 2.39. The Kier molecular flexibility index (Phi) is 3.58. The number of rotatable bonds is 5. The van der Waals surface area contributed by atoms with Gasteiger partial charge in [-0.05, 0) is 36.6 Å². The van der Waals surface area contributed by atoms with Crippen LogP contribution in [0.1, 0.15) is 38.2 Å². The summed E-state index contributed by atoms with van der Waals surface area (Å²) in [4.78, 5) is 0. The van der Waals surface area contributed by atoms with E-state index in [0.29, 0.717) is 6.10 Å². The molecule has 1 aliphatic rings. The van der Waals surface area contributed by atoms with E-state index in [-0.39, 0.29) is 0 Å². The summed E-state index contributed by atoms with van der Waals surface area (Å²) >= 11 is 0. The van der Waals surface area contributed by atoms with Crippen molar-refractivity contribution in [1.29, 1.82) is 0 Å². The molecule has 0 fully saturated rings. The fourth-order valence-corrected chi connectivity index (χ4v) is 2.75. The molecule has 0 amide bonds. The Hall–Kier alpha value is -1.70. The van der Waals surface area contributed by atoms with Crippen LogP contribution in [0.4, 0.5) is 0 Å². The van der Waals surface area contributed by atoms with Crippen molar-refractivity contribution in [2.45, 2.75) is 45.1 Å². The Morgan fingerprint density at radius 3 is 2.89 bits per heavy atom. The molecule has 19 heavy (non-hydrogen) atoms. The van der Waals surface area contributed by atoms with Gasteiger partial charge in [-0.25, -0.2) is 0 Å². The lowest BCUT2D eigenvalue weighted by Gasteiger charge is -2.11. The van der Waals surface area contributed by atoms with Gasteiger partial charge in [-0.3, -0.25) is 0 Å². The second-order valence-electron chi connectivity index (χ2n) is 5.21. The summed E-state index contributed by atoms with van der Waals surface area (Å²) in [6.45, 7) is 2.24. The fourth-order valence-electron chi connectivity index (χ4n) is 2.75. The highest BCUT2D eigenvalue weighted by atomic mass is 16.5. The standard InChI is InChI=1S/C17H20O2/c1-2-3-4-8-14-12-13-7-5-9-15(17(13)19-14)16-10-6-11-18-16/h5-7,9-11,14H,2-4,8,12H2,1H3. The lowest BCUT2D eigenvalue weighted by Crippen LogP contribution is -2.12. The smallest absolute Gasteiger partial charge is 0.137 e. The van der Waals surface area contributed by atoms with Crippen molar-refractivity contribution in [3.8, 4) is 17.1 Å². The molecule has 0 bridgehead atoms. The first-order valence-electron chi connectivity index (χ1n) is 7.21. The third-order valence-electron chi connectivity index (χ3n) is 3.74. The number of unbranched alkanes of at least 4 members (excludes halogenated alkanes) is 2. The Morgan fingerprint density at radius 2 is 2.11 bits per heavy atom. The van der Waals surface area contributed by atoms with Crippen molar-refractivity contribution in [3.63, 3.8) is 0 Å². The van der Waals surface area contributed by atoms with Crippen molar-refractivity contribution in [2.24, 2.45) is 0 Å². The molecule has 0 radical (unpaired) electrons. The number of ether oxygens (including phenoxy) is 1. The second kappa shape index (κ2) is 5.52. The Balaban J connectivity index is 1.78. The highest BCUT2D eigenvalue weighted by molar-refractivity contribution is 5.69. The van der Waals surface area contributed by atoms with E-state index in [4.69, 9.17) is 9.15 Å². The zero-order valence-corrected chi connectivity index (χ0v) is 11.4. The maximum atomic E-state index is 6.15. The van der Waals surface area contributed by atoms with E-state index in [2.05, 4.69) is 25.1 Å². The van der Waals surface area contributed by atoms with Gasteiger partial charge < -0.3 is 9.15 Å². The molecule has 1 aromatic heterocycles. The van der Waals surface area contributed by atoms with E-state index in [1.807, 2.05) is 12.1 Å². The molecule has 1 aliphatic heterocycles. The number of hydrogen-bond acceptors (Lipinski definition) is 2. The minimum absolute atomic E-state index is 0.345.